The second-order valence-corrected chi connectivity index (χ2v) is 9.15. The minimum atomic E-state index is -1.37. The Labute approximate surface area is 206 Å². The number of amides is 1. The minimum absolute atomic E-state index is 0.0652. The van der Waals surface area contributed by atoms with Gasteiger partial charge in [-0.3, -0.25) is 20.1 Å². The third kappa shape index (κ3) is 4.32. The first-order valence-corrected chi connectivity index (χ1v) is 11.4. The topological polar surface area (TPSA) is 138 Å². The molecular formula is C24H26ClN7O3. The summed E-state index contributed by atoms with van der Waals surface area (Å²) in [6.07, 6.45) is 0.408. The van der Waals surface area contributed by atoms with Crippen LogP contribution in [0.3, 0.4) is 0 Å². The molecule has 1 unspecified atom stereocenters. The number of halogens is 1. The SMILES string of the molecule is Cc1cc(C(C)Nc2ccc(Cl)nc2C(=N)NC(=O)O)c2c(c1)c(=O)n(C)c1c2cnn1C(C)C. The van der Waals surface area contributed by atoms with Gasteiger partial charge in [-0.15, -0.1) is 0 Å². The molecule has 1 amide bonds. The van der Waals surface area contributed by atoms with Gasteiger partial charge in [0.05, 0.1) is 11.9 Å². The number of hydrogen-bond donors (Lipinski definition) is 4. The number of carbonyl (C=O) groups is 1. The summed E-state index contributed by atoms with van der Waals surface area (Å²) in [5.74, 6) is -0.404. The molecule has 0 fully saturated rings. The van der Waals surface area contributed by atoms with E-state index in [9.17, 15) is 9.59 Å². The summed E-state index contributed by atoms with van der Waals surface area (Å²) in [4.78, 5) is 28.6. The van der Waals surface area contributed by atoms with E-state index in [1.807, 2.05) is 49.8 Å². The number of carboxylic acid groups (broad SMARTS) is 1. The van der Waals surface area contributed by atoms with Gasteiger partial charge in [0.2, 0.25) is 0 Å². The van der Waals surface area contributed by atoms with Gasteiger partial charge in [0, 0.05) is 35.3 Å². The van der Waals surface area contributed by atoms with Crippen molar-refractivity contribution in [2.45, 2.75) is 39.8 Å². The minimum Gasteiger partial charge on any atom is -0.465 e. The molecule has 11 heteroatoms. The highest BCUT2D eigenvalue weighted by Crippen LogP contribution is 2.33. The number of anilines is 1. The van der Waals surface area contributed by atoms with Crippen LogP contribution in [-0.4, -0.2) is 36.4 Å². The van der Waals surface area contributed by atoms with Crippen LogP contribution >= 0.6 is 11.6 Å². The molecule has 35 heavy (non-hydrogen) atoms. The molecule has 4 aromatic rings. The van der Waals surface area contributed by atoms with Crippen LogP contribution in [0.2, 0.25) is 5.15 Å². The summed E-state index contributed by atoms with van der Waals surface area (Å²) in [7, 11) is 1.75. The molecule has 4 N–H and O–H groups in total. The number of amidine groups is 1. The molecule has 0 spiro atoms. The number of fused-ring (bicyclic) bond motifs is 3. The van der Waals surface area contributed by atoms with Crippen LogP contribution < -0.4 is 16.2 Å². The predicted octanol–water partition coefficient (Wildman–Crippen LogP) is 4.59. The van der Waals surface area contributed by atoms with Gasteiger partial charge in [-0.1, -0.05) is 17.7 Å². The standard InChI is InChI=1S/C24H26ClN7O3/c1-11(2)32-22-16(10-27-32)19-14(8-12(3)9-15(19)23(33)31(22)5)13(4)28-17-6-7-18(25)29-20(17)21(26)30-24(34)35/h6-11,13,28H,1-5H3,(H2,26,30)(H,34,35). The molecule has 10 nitrogen and oxygen atoms in total. The van der Waals surface area contributed by atoms with Crippen molar-refractivity contribution in [3.8, 4) is 0 Å². The predicted molar refractivity (Wildman–Crippen MR) is 137 cm³/mol. The Bertz CT molecular complexity index is 1550. The van der Waals surface area contributed by atoms with Crippen LogP contribution in [0.25, 0.3) is 21.8 Å². The summed E-state index contributed by atoms with van der Waals surface area (Å²) in [5, 5.41) is 29.4. The summed E-state index contributed by atoms with van der Waals surface area (Å²) < 4.78 is 3.46. The fourth-order valence-electron chi connectivity index (χ4n) is 4.37. The molecule has 182 valence electrons. The fraction of sp³-hybridized carbons (Fsp3) is 0.292. The molecule has 1 atom stereocenters. The van der Waals surface area contributed by atoms with Crippen molar-refractivity contribution in [2.24, 2.45) is 7.05 Å². The van der Waals surface area contributed by atoms with E-state index in [1.54, 1.807) is 29.9 Å². The van der Waals surface area contributed by atoms with Crippen LogP contribution in [0.4, 0.5) is 10.5 Å². The third-order valence-electron chi connectivity index (χ3n) is 5.86. The molecule has 1 aromatic carbocycles. The molecule has 3 heterocycles. The maximum Gasteiger partial charge on any atom is 0.410 e. The lowest BCUT2D eigenvalue weighted by Crippen LogP contribution is -2.30. The van der Waals surface area contributed by atoms with Gasteiger partial charge in [0.25, 0.3) is 5.56 Å². The molecule has 0 radical (unpaired) electrons. The maximum absolute atomic E-state index is 13.4. The lowest BCUT2D eigenvalue weighted by Gasteiger charge is -2.21. The monoisotopic (exact) mass is 495 g/mol. The van der Waals surface area contributed by atoms with Crippen molar-refractivity contribution in [2.75, 3.05) is 5.32 Å². The highest BCUT2D eigenvalue weighted by Gasteiger charge is 2.22. The van der Waals surface area contributed by atoms with Gasteiger partial charge < -0.3 is 10.4 Å². The van der Waals surface area contributed by atoms with Gasteiger partial charge in [-0.2, -0.15) is 5.10 Å². The lowest BCUT2D eigenvalue weighted by molar-refractivity contribution is 0.200. The van der Waals surface area contributed by atoms with Gasteiger partial charge in [0.1, 0.15) is 16.5 Å². The van der Waals surface area contributed by atoms with Gasteiger partial charge in [-0.25, -0.2) is 14.5 Å². The molecule has 3 aromatic heterocycles. The van der Waals surface area contributed by atoms with Crippen LogP contribution in [-0.2, 0) is 7.05 Å². The Kier molecular flexibility index (Phi) is 6.25. The average Bonchev–Trinajstić information content (AvgIpc) is 3.23. The Morgan fingerprint density at radius 2 is 1.91 bits per heavy atom. The first kappa shape index (κ1) is 24.2. The summed E-state index contributed by atoms with van der Waals surface area (Å²) in [5.41, 5.74) is 2.89. The second-order valence-electron chi connectivity index (χ2n) is 8.76. The first-order valence-electron chi connectivity index (χ1n) is 11.0. The number of rotatable bonds is 5. The molecule has 0 aliphatic rings. The first-order chi connectivity index (χ1) is 16.5. The van der Waals surface area contributed by atoms with E-state index >= 15 is 0 Å². The van der Waals surface area contributed by atoms with Crippen molar-refractivity contribution in [1.82, 2.24) is 24.6 Å². The van der Waals surface area contributed by atoms with Crippen molar-refractivity contribution in [3.63, 3.8) is 0 Å². The van der Waals surface area contributed by atoms with E-state index in [1.165, 1.54) is 0 Å². The Hall–Kier alpha value is -3.92. The number of aryl methyl sites for hydroxylation is 2. The highest BCUT2D eigenvalue weighted by molar-refractivity contribution is 6.29. The Morgan fingerprint density at radius 1 is 1.20 bits per heavy atom. The average molecular weight is 496 g/mol. The summed E-state index contributed by atoms with van der Waals surface area (Å²) in [6, 6.07) is 6.81. The molecular weight excluding hydrogens is 470 g/mol. The van der Waals surface area contributed by atoms with Gasteiger partial charge in [0.15, 0.2) is 5.84 Å². The molecule has 0 saturated heterocycles. The van der Waals surface area contributed by atoms with Crippen LogP contribution in [0.5, 0.6) is 0 Å². The van der Waals surface area contributed by atoms with Gasteiger partial charge in [-0.05, 0) is 57.0 Å². The third-order valence-corrected chi connectivity index (χ3v) is 6.07. The summed E-state index contributed by atoms with van der Waals surface area (Å²) >= 11 is 6.02. The van der Waals surface area contributed by atoms with Crippen molar-refractivity contribution < 1.29 is 9.90 Å². The van der Waals surface area contributed by atoms with Gasteiger partial charge >= 0.3 is 6.09 Å². The van der Waals surface area contributed by atoms with E-state index in [2.05, 4.69) is 15.4 Å². The molecule has 0 aliphatic carbocycles. The fourth-order valence-corrected chi connectivity index (χ4v) is 4.51. The Morgan fingerprint density at radius 3 is 2.57 bits per heavy atom. The molecule has 0 bridgehead atoms. The molecule has 0 aliphatic heterocycles. The quantitative estimate of drug-likeness (QED) is 0.181. The second kappa shape index (κ2) is 9.03. The van der Waals surface area contributed by atoms with E-state index in [0.717, 1.165) is 27.5 Å². The zero-order valence-corrected chi connectivity index (χ0v) is 20.7. The van der Waals surface area contributed by atoms with Crippen molar-refractivity contribution >= 4 is 51.0 Å². The number of nitrogens with zero attached hydrogens (tertiary/aromatic N) is 4. The zero-order chi connectivity index (χ0) is 25.6. The molecule has 0 saturated carbocycles. The van der Waals surface area contributed by atoms with E-state index < -0.39 is 11.9 Å². The van der Waals surface area contributed by atoms with Crippen LogP contribution in [0, 0.1) is 12.3 Å². The van der Waals surface area contributed by atoms with Crippen LogP contribution in [0.15, 0.2) is 35.3 Å². The number of benzene rings is 1. The summed E-state index contributed by atoms with van der Waals surface area (Å²) in [6.45, 7) is 7.88. The number of hydrogen-bond acceptors (Lipinski definition) is 6. The van der Waals surface area contributed by atoms with E-state index in [4.69, 9.17) is 22.1 Å². The number of nitrogens with one attached hydrogen (secondary N) is 3. The van der Waals surface area contributed by atoms with E-state index in [0.29, 0.717) is 11.1 Å². The number of aromatic nitrogens is 4. The lowest BCUT2D eigenvalue weighted by atomic mass is 9.95. The van der Waals surface area contributed by atoms with E-state index in [-0.39, 0.29) is 28.5 Å². The highest BCUT2D eigenvalue weighted by atomic mass is 35.5. The maximum atomic E-state index is 13.4. The van der Waals surface area contributed by atoms with Crippen molar-refractivity contribution in [1.29, 1.82) is 5.41 Å². The van der Waals surface area contributed by atoms with Crippen LogP contribution in [0.1, 0.15) is 49.7 Å². The number of pyridine rings is 2. The Balaban J connectivity index is 1.91. The molecule has 4 rings (SSSR count). The normalized spacial score (nSPS) is 12.3. The smallest absolute Gasteiger partial charge is 0.410 e. The zero-order valence-electron chi connectivity index (χ0n) is 20.0. The largest absolute Gasteiger partial charge is 0.465 e. The van der Waals surface area contributed by atoms with Crippen molar-refractivity contribution in [3.05, 3.63) is 62.8 Å².